The van der Waals surface area contributed by atoms with Crippen LogP contribution in [0.1, 0.15) is 121 Å². The lowest BCUT2D eigenvalue weighted by molar-refractivity contribution is -0.190. The van der Waals surface area contributed by atoms with Crippen molar-refractivity contribution in [2.24, 2.45) is 0 Å². The molecule has 0 amide bonds. The van der Waals surface area contributed by atoms with Crippen molar-refractivity contribution < 1.29 is 22.6 Å². The van der Waals surface area contributed by atoms with E-state index in [0.717, 1.165) is 37.7 Å². The number of hydrogen-bond donors (Lipinski definition) is 0. The van der Waals surface area contributed by atoms with E-state index in [9.17, 15) is 4.39 Å². The van der Waals surface area contributed by atoms with Gasteiger partial charge in [-0.3, -0.25) is 0 Å². The molecular formula is C39H51F3O2. The molecule has 2 nitrogen and oxygen atoms in total. The highest BCUT2D eigenvalue weighted by atomic mass is 19.2. The predicted octanol–water partition coefficient (Wildman–Crippen LogP) is 11.9. The zero-order valence-corrected chi connectivity index (χ0v) is 26.8. The second kappa shape index (κ2) is 18.4. The lowest BCUT2D eigenvalue weighted by atomic mass is 9.94. The second-order valence-electron chi connectivity index (χ2n) is 12.4. The third kappa shape index (κ3) is 9.94. The zero-order chi connectivity index (χ0) is 31.1. The number of benzene rings is 3. The molecule has 0 spiro atoms. The highest BCUT2D eigenvalue weighted by molar-refractivity contribution is 5.71. The quantitative estimate of drug-likeness (QED) is 0.134. The van der Waals surface area contributed by atoms with Crippen molar-refractivity contribution in [2.45, 2.75) is 122 Å². The molecule has 0 bridgehead atoms. The maximum absolute atomic E-state index is 15.2. The SMILES string of the molecule is CCCCCCCCCCc1ccc(-c2ccc(-c3ccc(C4COC(CCCCCCC)OC4)cc3F)cc2)c(F)c1F. The van der Waals surface area contributed by atoms with Gasteiger partial charge in [-0.15, -0.1) is 0 Å². The molecule has 0 aliphatic carbocycles. The van der Waals surface area contributed by atoms with Crippen LogP contribution in [-0.2, 0) is 15.9 Å². The topological polar surface area (TPSA) is 18.5 Å². The zero-order valence-electron chi connectivity index (χ0n) is 26.8. The first kappa shape index (κ1) is 34.2. The molecule has 0 N–H and O–H groups in total. The summed E-state index contributed by atoms with van der Waals surface area (Å²) in [7, 11) is 0. The fourth-order valence-corrected chi connectivity index (χ4v) is 6.12. The minimum atomic E-state index is -0.819. The van der Waals surface area contributed by atoms with Crippen molar-refractivity contribution in [1.29, 1.82) is 0 Å². The number of aryl methyl sites for hydroxylation is 1. The Bertz CT molecular complexity index is 1270. The van der Waals surface area contributed by atoms with Crippen LogP contribution in [0.3, 0.4) is 0 Å². The summed E-state index contributed by atoms with van der Waals surface area (Å²) in [6, 6.07) is 15.6. The van der Waals surface area contributed by atoms with Gasteiger partial charge in [0, 0.05) is 17.0 Å². The van der Waals surface area contributed by atoms with E-state index < -0.39 is 11.6 Å². The molecule has 1 fully saturated rings. The van der Waals surface area contributed by atoms with Gasteiger partial charge in [-0.1, -0.05) is 133 Å². The third-order valence-corrected chi connectivity index (χ3v) is 8.94. The fraction of sp³-hybridized carbons (Fsp3) is 0.538. The monoisotopic (exact) mass is 608 g/mol. The van der Waals surface area contributed by atoms with Crippen molar-refractivity contribution in [2.75, 3.05) is 13.2 Å². The van der Waals surface area contributed by atoms with Crippen molar-refractivity contribution in [1.82, 2.24) is 0 Å². The first-order valence-electron chi connectivity index (χ1n) is 17.1. The summed E-state index contributed by atoms with van der Waals surface area (Å²) in [4.78, 5) is 0. The van der Waals surface area contributed by atoms with E-state index in [1.54, 1.807) is 48.5 Å². The summed E-state index contributed by atoms with van der Waals surface area (Å²) < 4.78 is 57.1. The van der Waals surface area contributed by atoms with E-state index in [1.807, 2.05) is 6.07 Å². The van der Waals surface area contributed by atoms with Crippen LogP contribution >= 0.6 is 0 Å². The van der Waals surface area contributed by atoms with E-state index in [2.05, 4.69) is 13.8 Å². The van der Waals surface area contributed by atoms with E-state index in [-0.39, 0.29) is 23.6 Å². The molecule has 0 saturated carbocycles. The van der Waals surface area contributed by atoms with Crippen LogP contribution in [0.2, 0.25) is 0 Å². The van der Waals surface area contributed by atoms with E-state index in [0.29, 0.717) is 41.9 Å². The van der Waals surface area contributed by atoms with Crippen LogP contribution in [-0.4, -0.2) is 19.5 Å². The van der Waals surface area contributed by atoms with Gasteiger partial charge in [-0.2, -0.15) is 0 Å². The number of ether oxygens (including phenoxy) is 2. The van der Waals surface area contributed by atoms with Gasteiger partial charge in [0.15, 0.2) is 17.9 Å². The molecule has 1 saturated heterocycles. The highest BCUT2D eigenvalue weighted by Gasteiger charge is 2.24. The van der Waals surface area contributed by atoms with Crippen LogP contribution in [0.15, 0.2) is 54.6 Å². The Balaban J connectivity index is 1.29. The summed E-state index contributed by atoms with van der Waals surface area (Å²) in [5.74, 6) is -1.91. The molecular weight excluding hydrogens is 557 g/mol. The maximum atomic E-state index is 15.2. The van der Waals surface area contributed by atoms with Gasteiger partial charge in [0.1, 0.15) is 5.82 Å². The number of halogens is 3. The van der Waals surface area contributed by atoms with Gasteiger partial charge in [0.2, 0.25) is 0 Å². The molecule has 0 radical (unpaired) electrons. The molecule has 0 atom stereocenters. The largest absolute Gasteiger partial charge is 0.352 e. The molecule has 1 aliphatic rings. The summed E-state index contributed by atoms with van der Waals surface area (Å²) in [5.41, 5.74) is 3.23. The summed E-state index contributed by atoms with van der Waals surface area (Å²) in [6.45, 7) is 5.46. The lowest BCUT2D eigenvalue weighted by Crippen LogP contribution is -2.30. The molecule has 3 aromatic carbocycles. The average Bonchev–Trinajstić information content (AvgIpc) is 3.04. The first-order chi connectivity index (χ1) is 21.5. The van der Waals surface area contributed by atoms with Crippen molar-refractivity contribution >= 4 is 0 Å². The van der Waals surface area contributed by atoms with E-state index in [1.165, 1.54) is 57.8 Å². The second-order valence-corrected chi connectivity index (χ2v) is 12.4. The highest BCUT2D eigenvalue weighted by Crippen LogP contribution is 2.32. The summed E-state index contributed by atoms with van der Waals surface area (Å²) in [6.07, 6.45) is 16.7. The molecule has 3 aromatic rings. The minimum Gasteiger partial charge on any atom is -0.352 e. The Hall–Kier alpha value is -2.63. The molecule has 1 heterocycles. The Kier molecular flexibility index (Phi) is 14.3. The molecule has 5 heteroatoms. The number of hydrogen-bond acceptors (Lipinski definition) is 2. The average molecular weight is 609 g/mol. The van der Waals surface area contributed by atoms with Crippen molar-refractivity contribution in [3.63, 3.8) is 0 Å². The fourth-order valence-electron chi connectivity index (χ4n) is 6.12. The van der Waals surface area contributed by atoms with Crippen LogP contribution in [0.25, 0.3) is 22.3 Å². The predicted molar refractivity (Wildman–Crippen MR) is 175 cm³/mol. The third-order valence-electron chi connectivity index (χ3n) is 8.94. The normalized spacial score (nSPS) is 16.8. The van der Waals surface area contributed by atoms with Gasteiger partial charge in [-0.25, -0.2) is 13.2 Å². The van der Waals surface area contributed by atoms with Crippen molar-refractivity contribution in [3.05, 3.63) is 83.2 Å². The molecule has 0 unspecified atom stereocenters. The van der Waals surface area contributed by atoms with Gasteiger partial charge in [0.05, 0.1) is 13.2 Å². The standard InChI is InChI=1S/C39H51F3O2/c1-3-5-7-9-10-11-13-14-16-31-22-25-35(39(42)38(31)41)30-20-18-29(19-21-30)34-24-23-32(26-36(34)40)33-27-43-37(44-28-33)17-15-12-8-6-4-2/h18-26,33,37H,3-17,27-28H2,1-2H3. The van der Waals surface area contributed by atoms with Crippen molar-refractivity contribution in [3.8, 4) is 22.3 Å². The molecule has 1 aliphatic heterocycles. The summed E-state index contributed by atoms with van der Waals surface area (Å²) in [5, 5.41) is 0. The number of unbranched alkanes of at least 4 members (excludes halogenated alkanes) is 11. The van der Waals surface area contributed by atoms with Gasteiger partial charge >= 0.3 is 0 Å². The molecule has 44 heavy (non-hydrogen) atoms. The lowest BCUT2D eigenvalue weighted by Gasteiger charge is -2.30. The van der Waals surface area contributed by atoms with Gasteiger partial charge in [0.25, 0.3) is 0 Å². The Labute approximate surface area is 263 Å². The smallest absolute Gasteiger partial charge is 0.166 e. The Morgan fingerprint density at radius 1 is 0.591 bits per heavy atom. The van der Waals surface area contributed by atoms with Crippen LogP contribution in [0.4, 0.5) is 13.2 Å². The Morgan fingerprint density at radius 3 is 1.75 bits per heavy atom. The van der Waals surface area contributed by atoms with Gasteiger partial charge in [-0.05, 0) is 54.0 Å². The van der Waals surface area contributed by atoms with Crippen LogP contribution in [0.5, 0.6) is 0 Å². The minimum absolute atomic E-state index is 0.00587. The van der Waals surface area contributed by atoms with Crippen LogP contribution < -0.4 is 0 Å². The van der Waals surface area contributed by atoms with E-state index >= 15 is 8.78 Å². The number of rotatable bonds is 18. The summed E-state index contributed by atoms with van der Waals surface area (Å²) >= 11 is 0. The molecule has 240 valence electrons. The molecule has 0 aromatic heterocycles. The molecule has 4 rings (SSSR count). The Morgan fingerprint density at radius 2 is 1.14 bits per heavy atom. The maximum Gasteiger partial charge on any atom is 0.166 e. The first-order valence-corrected chi connectivity index (χ1v) is 17.1. The van der Waals surface area contributed by atoms with Gasteiger partial charge < -0.3 is 9.47 Å². The van der Waals surface area contributed by atoms with E-state index in [4.69, 9.17) is 9.47 Å². The van der Waals surface area contributed by atoms with Crippen LogP contribution in [0, 0.1) is 17.5 Å².